The van der Waals surface area contributed by atoms with Crippen LogP contribution in [-0.2, 0) is 18.8 Å². The molecule has 1 N–H and O–H groups in total. The van der Waals surface area contributed by atoms with Gasteiger partial charge in [-0.15, -0.1) is 11.8 Å². The lowest BCUT2D eigenvalue weighted by Gasteiger charge is -2.53. The van der Waals surface area contributed by atoms with Gasteiger partial charge in [0.2, 0.25) is 22.8 Å². The fourth-order valence-electron chi connectivity index (χ4n) is 2.20. The molecule has 0 aliphatic carbocycles. The van der Waals surface area contributed by atoms with Crippen LogP contribution in [0.2, 0.25) is 0 Å². The number of nitrogens with zero attached hydrogens (tertiary/aromatic N) is 1. The van der Waals surface area contributed by atoms with Gasteiger partial charge in [0.1, 0.15) is 16.8 Å². The van der Waals surface area contributed by atoms with Crippen LogP contribution >= 0.6 is 34.4 Å². The summed E-state index contributed by atoms with van der Waals surface area (Å²) in [5, 5.41) is 2.47. The molecule has 2 saturated heterocycles. The molecule has 2 amide bonds. The van der Waals surface area contributed by atoms with Crippen molar-refractivity contribution in [2.24, 2.45) is 5.41 Å². The number of rotatable bonds is 4. The molecule has 2 heterocycles. The number of β-lactam (4-membered cyclic amide) rings is 1. The molecule has 0 aromatic heterocycles. The zero-order chi connectivity index (χ0) is 13.3. The minimum atomic E-state index is -0.592. The van der Waals surface area contributed by atoms with E-state index in [0.29, 0.717) is 33.6 Å². The standard InChI is InChI=1S/C9H13IN2O4SSi/c10-1-9(8(15)16-18)2-12-6(14)5(11-4-13)7(12)17-3-9/h4-5,7H,1-3H2,18H3,(H,11,13)/t5?,7-,9?/m1/s1. The number of carbonyl (C=O) groups excluding carboxylic acids is 3. The second-order valence-corrected chi connectivity index (χ2v) is 6.61. The van der Waals surface area contributed by atoms with E-state index in [9.17, 15) is 14.4 Å². The second-order valence-electron chi connectivity index (χ2n) is 4.34. The average Bonchev–Trinajstić information content (AvgIpc) is 2.42. The number of hydrogen-bond donors (Lipinski definition) is 1. The Hall–Kier alpha value is -0.293. The van der Waals surface area contributed by atoms with Crippen molar-refractivity contribution in [1.29, 1.82) is 0 Å². The monoisotopic (exact) mass is 400 g/mol. The molecule has 0 bridgehead atoms. The number of hydrogen-bond acceptors (Lipinski definition) is 5. The van der Waals surface area contributed by atoms with Crippen LogP contribution in [-0.4, -0.2) is 61.8 Å². The summed E-state index contributed by atoms with van der Waals surface area (Å²) in [4.78, 5) is 35.8. The summed E-state index contributed by atoms with van der Waals surface area (Å²) in [7, 11) is 0.367. The van der Waals surface area contributed by atoms with Gasteiger partial charge in [-0.05, 0) is 0 Å². The third-order valence-electron chi connectivity index (χ3n) is 3.27. The van der Waals surface area contributed by atoms with E-state index in [1.54, 1.807) is 4.90 Å². The number of alkyl halides is 1. The molecule has 0 radical (unpaired) electrons. The Balaban J connectivity index is 2.10. The van der Waals surface area contributed by atoms with Crippen molar-refractivity contribution in [2.75, 3.05) is 16.7 Å². The Kier molecular flexibility index (Phi) is 4.21. The molecule has 2 aliphatic heterocycles. The SMILES string of the molecule is O=CNC1C(=O)N2CC(CI)(C(=O)O[SiH3])CS[C@H]12. The minimum Gasteiger partial charge on any atom is -0.528 e. The van der Waals surface area contributed by atoms with Crippen molar-refractivity contribution in [3.8, 4) is 0 Å². The number of fused-ring (bicyclic) bond motifs is 1. The van der Waals surface area contributed by atoms with Gasteiger partial charge in [-0.2, -0.15) is 0 Å². The van der Waals surface area contributed by atoms with E-state index in [-0.39, 0.29) is 17.3 Å². The largest absolute Gasteiger partial charge is 0.528 e. The Labute approximate surface area is 125 Å². The molecule has 2 rings (SSSR count). The van der Waals surface area contributed by atoms with Crippen LogP contribution in [0, 0.1) is 5.41 Å². The van der Waals surface area contributed by atoms with Crippen LogP contribution in [0.15, 0.2) is 0 Å². The fourth-order valence-corrected chi connectivity index (χ4v) is 5.36. The summed E-state index contributed by atoms with van der Waals surface area (Å²) in [5.74, 6) is 0.298. The molecule has 0 saturated carbocycles. The molecule has 6 nitrogen and oxygen atoms in total. The topological polar surface area (TPSA) is 75.7 Å². The maximum Gasteiger partial charge on any atom is 0.301 e. The molecule has 2 aliphatic rings. The van der Waals surface area contributed by atoms with E-state index < -0.39 is 11.5 Å². The molecule has 0 aromatic carbocycles. The summed E-state index contributed by atoms with van der Waals surface area (Å²) in [5.41, 5.74) is -0.592. The first-order chi connectivity index (χ1) is 8.59. The first kappa shape index (κ1) is 14.1. The number of amides is 2. The van der Waals surface area contributed by atoms with E-state index in [4.69, 9.17) is 4.43 Å². The van der Waals surface area contributed by atoms with Gasteiger partial charge in [-0.25, -0.2) is 0 Å². The van der Waals surface area contributed by atoms with Crippen LogP contribution < -0.4 is 5.32 Å². The van der Waals surface area contributed by atoms with E-state index >= 15 is 0 Å². The van der Waals surface area contributed by atoms with E-state index in [0.717, 1.165) is 0 Å². The highest BCUT2D eigenvalue weighted by Crippen LogP contribution is 2.43. The molecule has 2 fully saturated rings. The van der Waals surface area contributed by atoms with Crippen molar-refractivity contribution >= 4 is 63.1 Å². The zero-order valence-corrected chi connectivity index (χ0v) is 14.7. The lowest BCUT2D eigenvalue weighted by Crippen LogP contribution is -2.73. The Morgan fingerprint density at radius 1 is 1.78 bits per heavy atom. The van der Waals surface area contributed by atoms with Gasteiger partial charge in [0.25, 0.3) is 0 Å². The number of nitrogens with one attached hydrogen (secondary N) is 1. The summed E-state index contributed by atoms with van der Waals surface area (Å²) < 4.78 is 5.60. The van der Waals surface area contributed by atoms with Gasteiger partial charge < -0.3 is 14.6 Å². The van der Waals surface area contributed by atoms with Crippen molar-refractivity contribution in [2.45, 2.75) is 11.4 Å². The van der Waals surface area contributed by atoms with Crippen LogP contribution in [0.25, 0.3) is 0 Å². The number of thioether (sulfide) groups is 1. The third-order valence-corrected chi connectivity index (χ3v) is 6.69. The average molecular weight is 400 g/mol. The molecule has 18 heavy (non-hydrogen) atoms. The van der Waals surface area contributed by atoms with Gasteiger partial charge in [0.05, 0.1) is 0 Å². The van der Waals surface area contributed by atoms with Gasteiger partial charge in [-0.1, -0.05) is 22.6 Å². The van der Waals surface area contributed by atoms with E-state index in [1.807, 2.05) is 0 Å². The highest BCUT2D eigenvalue weighted by Gasteiger charge is 2.56. The molecular weight excluding hydrogens is 387 g/mol. The normalized spacial score (nSPS) is 34.5. The quantitative estimate of drug-likeness (QED) is 0.200. The van der Waals surface area contributed by atoms with Crippen molar-refractivity contribution in [3.63, 3.8) is 0 Å². The number of carbonyl (C=O) groups is 3. The lowest BCUT2D eigenvalue weighted by atomic mass is 9.89. The summed E-state index contributed by atoms with van der Waals surface area (Å²) in [6.07, 6.45) is 0.548. The van der Waals surface area contributed by atoms with Gasteiger partial charge in [0, 0.05) is 16.7 Å². The minimum absolute atomic E-state index is 0.0410. The van der Waals surface area contributed by atoms with Crippen molar-refractivity contribution in [3.05, 3.63) is 0 Å². The Morgan fingerprint density at radius 2 is 2.50 bits per heavy atom. The van der Waals surface area contributed by atoms with Gasteiger partial charge in [0.15, 0.2) is 0 Å². The first-order valence-corrected chi connectivity index (χ1v) is 8.75. The van der Waals surface area contributed by atoms with Crippen molar-refractivity contribution < 1.29 is 18.8 Å². The van der Waals surface area contributed by atoms with Gasteiger partial charge >= 0.3 is 5.97 Å². The Bertz CT molecular complexity index is 399. The predicted octanol–water partition coefficient (Wildman–Crippen LogP) is -1.74. The van der Waals surface area contributed by atoms with Crippen LogP contribution in [0.5, 0.6) is 0 Å². The Morgan fingerprint density at radius 3 is 3.06 bits per heavy atom. The van der Waals surface area contributed by atoms with E-state index in [1.165, 1.54) is 11.8 Å². The maximum atomic E-state index is 11.9. The summed E-state index contributed by atoms with van der Waals surface area (Å²) >= 11 is 3.69. The van der Waals surface area contributed by atoms with Crippen LogP contribution in [0.3, 0.4) is 0 Å². The van der Waals surface area contributed by atoms with Crippen LogP contribution in [0.4, 0.5) is 0 Å². The van der Waals surface area contributed by atoms with Crippen LogP contribution in [0.1, 0.15) is 0 Å². The first-order valence-electron chi connectivity index (χ1n) is 5.36. The molecule has 2 unspecified atom stereocenters. The smallest absolute Gasteiger partial charge is 0.301 e. The van der Waals surface area contributed by atoms with Gasteiger partial charge in [-0.3, -0.25) is 14.4 Å². The summed E-state index contributed by atoms with van der Waals surface area (Å²) in [6, 6.07) is -0.438. The third kappa shape index (κ3) is 2.05. The fraction of sp³-hybridized carbons (Fsp3) is 0.667. The highest BCUT2D eigenvalue weighted by atomic mass is 127. The molecule has 100 valence electrons. The molecule has 0 spiro atoms. The zero-order valence-electron chi connectivity index (χ0n) is 9.72. The van der Waals surface area contributed by atoms with Crippen molar-refractivity contribution in [1.82, 2.24) is 10.2 Å². The highest BCUT2D eigenvalue weighted by molar-refractivity contribution is 14.1. The maximum absolute atomic E-state index is 11.9. The molecule has 0 aromatic rings. The van der Waals surface area contributed by atoms with E-state index in [2.05, 4.69) is 27.9 Å². The number of halogens is 1. The molecule has 9 heteroatoms. The predicted molar refractivity (Wildman–Crippen MR) is 78.3 cm³/mol. The summed E-state index contributed by atoms with van der Waals surface area (Å²) in [6.45, 7) is 0.393. The second kappa shape index (κ2) is 5.37. The lowest BCUT2D eigenvalue weighted by molar-refractivity contribution is -0.155. The molecular formula is C9H13IN2O4SSi. The molecule has 3 atom stereocenters.